The quantitative estimate of drug-likeness (QED) is 0.467. The van der Waals surface area contributed by atoms with Crippen molar-refractivity contribution in [2.45, 2.75) is 13.3 Å². The number of carbonyl (C=O) groups excluding carboxylic acids is 1. The van der Waals surface area contributed by atoms with E-state index < -0.39 is 18.2 Å². The minimum Gasteiger partial charge on any atom is -0.481 e. The van der Waals surface area contributed by atoms with E-state index in [2.05, 4.69) is 10.2 Å². The van der Waals surface area contributed by atoms with Crippen molar-refractivity contribution in [3.05, 3.63) is 0 Å². The lowest BCUT2D eigenvalue weighted by atomic mass is 10.3. The van der Waals surface area contributed by atoms with Crippen molar-refractivity contribution in [2.75, 3.05) is 13.1 Å². The Morgan fingerprint density at radius 2 is 2.00 bits per heavy atom. The topological polar surface area (TPSA) is 79.1 Å². The van der Waals surface area contributed by atoms with Crippen LogP contribution in [0, 0.1) is 0 Å². The summed E-state index contributed by atoms with van der Waals surface area (Å²) < 4.78 is 0. The molecule has 5 nitrogen and oxygen atoms in total. The standard InChI is InChI=1S/C6H10N2O3/c1-2-7-8-4-5(9)3-6(10)11/h2-4H2,1H3,(H,10,11). The molecule has 0 aliphatic rings. The highest BCUT2D eigenvalue weighted by Crippen LogP contribution is 1.85. The van der Waals surface area contributed by atoms with E-state index in [1.165, 1.54) is 0 Å². The maximum atomic E-state index is 10.6. The highest BCUT2D eigenvalue weighted by atomic mass is 16.4. The van der Waals surface area contributed by atoms with Crippen LogP contribution in [0.3, 0.4) is 0 Å². The molecule has 0 spiro atoms. The molecule has 0 bridgehead atoms. The van der Waals surface area contributed by atoms with Crippen molar-refractivity contribution in [3.63, 3.8) is 0 Å². The molecule has 0 rings (SSSR count). The first-order chi connectivity index (χ1) is 5.16. The summed E-state index contributed by atoms with van der Waals surface area (Å²) in [5, 5.41) is 15.1. The van der Waals surface area contributed by atoms with Gasteiger partial charge in [-0.15, -0.1) is 0 Å². The Balaban J connectivity index is 3.53. The van der Waals surface area contributed by atoms with E-state index in [9.17, 15) is 9.59 Å². The average molecular weight is 158 g/mol. The number of carboxylic acids is 1. The summed E-state index contributed by atoms with van der Waals surface area (Å²) in [6, 6.07) is 0. The molecule has 0 aromatic carbocycles. The minimum absolute atomic E-state index is 0.125. The lowest BCUT2D eigenvalue weighted by Crippen LogP contribution is -2.08. The molecule has 62 valence electrons. The second-order valence-corrected chi connectivity index (χ2v) is 1.87. The van der Waals surface area contributed by atoms with Crippen LogP contribution in [0.25, 0.3) is 0 Å². The third-order valence-electron chi connectivity index (χ3n) is 0.837. The lowest BCUT2D eigenvalue weighted by molar-refractivity contribution is -0.139. The summed E-state index contributed by atoms with van der Waals surface area (Å²) in [5.74, 6) is -1.55. The number of carbonyl (C=O) groups is 2. The largest absolute Gasteiger partial charge is 0.481 e. The van der Waals surface area contributed by atoms with Gasteiger partial charge in [0.25, 0.3) is 0 Å². The first kappa shape index (κ1) is 9.74. The van der Waals surface area contributed by atoms with E-state index in [1.54, 1.807) is 6.92 Å². The average Bonchev–Trinajstić information content (AvgIpc) is 1.86. The van der Waals surface area contributed by atoms with Crippen molar-refractivity contribution < 1.29 is 14.7 Å². The Morgan fingerprint density at radius 1 is 1.36 bits per heavy atom. The summed E-state index contributed by atoms with van der Waals surface area (Å²) >= 11 is 0. The van der Waals surface area contributed by atoms with Crippen molar-refractivity contribution in [1.29, 1.82) is 0 Å². The minimum atomic E-state index is -1.12. The maximum absolute atomic E-state index is 10.6. The number of aliphatic carboxylic acids is 1. The molecular weight excluding hydrogens is 148 g/mol. The van der Waals surface area contributed by atoms with Crippen LogP contribution in [-0.4, -0.2) is 29.9 Å². The summed E-state index contributed by atoms with van der Waals surface area (Å²) in [5.41, 5.74) is 0. The predicted molar refractivity (Wildman–Crippen MR) is 37.5 cm³/mol. The van der Waals surface area contributed by atoms with Crippen LogP contribution in [0.4, 0.5) is 0 Å². The highest BCUT2D eigenvalue weighted by molar-refractivity contribution is 5.95. The van der Waals surface area contributed by atoms with Gasteiger partial charge in [-0.1, -0.05) is 0 Å². The molecule has 11 heavy (non-hydrogen) atoms. The molecule has 0 radical (unpaired) electrons. The fraction of sp³-hybridized carbons (Fsp3) is 0.667. The Labute approximate surface area is 64.1 Å². The van der Waals surface area contributed by atoms with Gasteiger partial charge in [-0.05, 0) is 6.92 Å². The third-order valence-corrected chi connectivity index (χ3v) is 0.837. The van der Waals surface area contributed by atoms with Gasteiger partial charge in [0.15, 0.2) is 5.78 Å². The van der Waals surface area contributed by atoms with Crippen LogP contribution < -0.4 is 0 Å². The van der Waals surface area contributed by atoms with Crippen LogP contribution in [0.5, 0.6) is 0 Å². The molecule has 0 aliphatic heterocycles. The number of hydrogen-bond donors (Lipinski definition) is 1. The van der Waals surface area contributed by atoms with Gasteiger partial charge in [0, 0.05) is 0 Å². The molecule has 0 heterocycles. The van der Waals surface area contributed by atoms with E-state index in [1.807, 2.05) is 0 Å². The molecule has 0 saturated heterocycles. The van der Waals surface area contributed by atoms with E-state index in [4.69, 9.17) is 5.11 Å². The van der Waals surface area contributed by atoms with Crippen molar-refractivity contribution in [1.82, 2.24) is 0 Å². The number of azo groups is 1. The number of rotatable bonds is 5. The zero-order valence-electron chi connectivity index (χ0n) is 6.28. The van der Waals surface area contributed by atoms with Gasteiger partial charge in [-0.3, -0.25) is 9.59 Å². The van der Waals surface area contributed by atoms with Gasteiger partial charge in [0.1, 0.15) is 13.0 Å². The Morgan fingerprint density at radius 3 is 2.45 bits per heavy atom. The first-order valence-electron chi connectivity index (χ1n) is 3.23. The highest BCUT2D eigenvalue weighted by Gasteiger charge is 2.05. The van der Waals surface area contributed by atoms with Gasteiger partial charge in [0.2, 0.25) is 0 Å². The monoisotopic (exact) mass is 158 g/mol. The fourth-order valence-corrected chi connectivity index (χ4v) is 0.453. The van der Waals surface area contributed by atoms with Gasteiger partial charge in [-0.25, -0.2) is 0 Å². The molecule has 0 atom stereocenters. The lowest BCUT2D eigenvalue weighted by Gasteiger charge is -1.88. The predicted octanol–water partition coefficient (Wildman–Crippen LogP) is 0.502. The normalized spacial score (nSPS) is 10.3. The van der Waals surface area contributed by atoms with E-state index >= 15 is 0 Å². The first-order valence-corrected chi connectivity index (χ1v) is 3.23. The summed E-state index contributed by atoms with van der Waals surface area (Å²) in [6.45, 7) is 2.17. The van der Waals surface area contributed by atoms with Gasteiger partial charge >= 0.3 is 5.97 Å². The molecule has 0 aromatic rings. The number of Topliss-reactive ketones (excluding diaryl/α,β-unsaturated/α-hetero) is 1. The molecule has 0 fully saturated rings. The van der Waals surface area contributed by atoms with Crippen LogP contribution in [0.1, 0.15) is 13.3 Å². The zero-order valence-corrected chi connectivity index (χ0v) is 6.28. The number of hydrogen-bond acceptors (Lipinski definition) is 4. The van der Waals surface area contributed by atoms with Crippen LogP contribution in [0.2, 0.25) is 0 Å². The van der Waals surface area contributed by atoms with E-state index in [0.29, 0.717) is 6.54 Å². The summed E-state index contributed by atoms with van der Waals surface area (Å²) in [4.78, 5) is 20.5. The molecule has 0 unspecified atom stereocenters. The van der Waals surface area contributed by atoms with Crippen LogP contribution in [-0.2, 0) is 9.59 Å². The molecule has 0 saturated carbocycles. The summed E-state index contributed by atoms with van der Waals surface area (Å²) in [6.07, 6.45) is -0.470. The van der Waals surface area contributed by atoms with Gasteiger partial charge in [0.05, 0.1) is 6.54 Å². The second kappa shape index (κ2) is 5.52. The number of carboxylic acid groups (broad SMARTS) is 1. The molecule has 0 aliphatic carbocycles. The zero-order chi connectivity index (χ0) is 8.69. The van der Waals surface area contributed by atoms with E-state index in [0.717, 1.165) is 0 Å². The Kier molecular flexibility index (Phi) is 4.89. The molecular formula is C6H10N2O3. The Bertz CT molecular complexity index is 177. The van der Waals surface area contributed by atoms with Crippen LogP contribution >= 0.6 is 0 Å². The molecule has 0 aromatic heterocycles. The number of ketones is 1. The third kappa shape index (κ3) is 6.63. The number of nitrogens with zero attached hydrogens (tertiary/aromatic N) is 2. The van der Waals surface area contributed by atoms with Crippen molar-refractivity contribution >= 4 is 11.8 Å². The smallest absolute Gasteiger partial charge is 0.310 e. The summed E-state index contributed by atoms with van der Waals surface area (Å²) in [7, 11) is 0. The molecule has 0 amide bonds. The SMILES string of the molecule is CCN=NCC(=O)CC(=O)O. The van der Waals surface area contributed by atoms with Crippen molar-refractivity contribution in [2.24, 2.45) is 10.2 Å². The molecule has 5 heteroatoms. The fourth-order valence-electron chi connectivity index (χ4n) is 0.453. The maximum Gasteiger partial charge on any atom is 0.310 e. The van der Waals surface area contributed by atoms with Crippen molar-refractivity contribution in [3.8, 4) is 0 Å². The van der Waals surface area contributed by atoms with Gasteiger partial charge in [-0.2, -0.15) is 10.2 Å². The second-order valence-electron chi connectivity index (χ2n) is 1.87. The van der Waals surface area contributed by atoms with Gasteiger partial charge < -0.3 is 5.11 Å². The van der Waals surface area contributed by atoms with E-state index in [-0.39, 0.29) is 6.54 Å². The Hall–Kier alpha value is -1.26. The van der Waals surface area contributed by atoms with Crippen LogP contribution in [0.15, 0.2) is 10.2 Å². The molecule has 1 N–H and O–H groups in total.